The molecule has 0 aromatic carbocycles. The van der Waals surface area contributed by atoms with E-state index in [2.05, 4.69) is 14.9 Å². The minimum absolute atomic E-state index is 0.585. The summed E-state index contributed by atoms with van der Waals surface area (Å²) in [5, 5.41) is 0.669. The second kappa shape index (κ2) is 6.77. The highest BCUT2D eigenvalue weighted by Crippen LogP contribution is 2.26. The fourth-order valence-electron chi connectivity index (χ4n) is 3.01. The van der Waals surface area contributed by atoms with Crippen LogP contribution in [-0.2, 0) is 6.42 Å². The maximum atomic E-state index is 6.36. The molecule has 1 saturated heterocycles. The Labute approximate surface area is 135 Å². The first-order valence-electron chi connectivity index (χ1n) is 7.61. The van der Waals surface area contributed by atoms with Gasteiger partial charge >= 0.3 is 0 Å². The molecule has 3 rings (SSSR count). The zero-order chi connectivity index (χ0) is 15.5. The molecule has 2 aromatic rings. The Morgan fingerprint density at radius 3 is 3.05 bits per heavy atom. The number of hydrogen-bond donors (Lipinski definition) is 1. The van der Waals surface area contributed by atoms with Crippen LogP contribution in [0.3, 0.4) is 0 Å². The van der Waals surface area contributed by atoms with Crippen LogP contribution in [0.5, 0.6) is 5.88 Å². The molecule has 118 valence electrons. The molecular formula is C16H21ClN4O. The van der Waals surface area contributed by atoms with Crippen LogP contribution in [0, 0.1) is 5.92 Å². The number of nitrogens with zero attached hydrogens (tertiary/aromatic N) is 3. The average Bonchev–Trinajstić information content (AvgIpc) is 3.01. The van der Waals surface area contributed by atoms with Gasteiger partial charge in [-0.05, 0) is 37.9 Å². The van der Waals surface area contributed by atoms with Crippen LogP contribution in [0.1, 0.15) is 12.0 Å². The predicted molar refractivity (Wildman–Crippen MR) is 88.4 cm³/mol. The number of ether oxygens (including phenoxy) is 1. The van der Waals surface area contributed by atoms with Crippen LogP contribution in [0.2, 0.25) is 5.02 Å². The summed E-state index contributed by atoms with van der Waals surface area (Å²) >= 11 is 6.36. The lowest BCUT2D eigenvalue weighted by Crippen LogP contribution is -2.25. The molecule has 0 saturated carbocycles. The largest absolute Gasteiger partial charge is 0.481 e. The molecule has 1 aliphatic heterocycles. The van der Waals surface area contributed by atoms with Gasteiger partial charge in [0.15, 0.2) is 0 Å². The van der Waals surface area contributed by atoms with Gasteiger partial charge in [-0.1, -0.05) is 11.6 Å². The van der Waals surface area contributed by atoms with Gasteiger partial charge in [-0.25, -0.2) is 4.98 Å². The third-order valence-electron chi connectivity index (χ3n) is 4.33. The average molecular weight is 321 g/mol. The quantitative estimate of drug-likeness (QED) is 0.914. The summed E-state index contributed by atoms with van der Waals surface area (Å²) in [5.41, 5.74) is 8.48. The molecule has 22 heavy (non-hydrogen) atoms. The second-order valence-electron chi connectivity index (χ2n) is 5.75. The molecule has 2 N–H and O–H groups in total. The summed E-state index contributed by atoms with van der Waals surface area (Å²) in [7, 11) is 1.61. The Morgan fingerprint density at radius 1 is 1.45 bits per heavy atom. The summed E-state index contributed by atoms with van der Waals surface area (Å²) in [4.78, 5) is 11.3. The van der Waals surface area contributed by atoms with Crippen molar-refractivity contribution in [3.05, 3.63) is 28.9 Å². The Hall–Kier alpha value is -1.43. The summed E-state index contributed by atoms with van der Waals surface area (Å²) in [6.45, 7) is 3.93. The van der Waals surface area contributed by atoms with Crippen molar-refractivity contribution >= 4 is 22.6 Å². The fraction of sp³-hybridized carbons (Fsp3) is 0.500. The molecular weight excluding hydrogens is 300 g/mol. The molecule has 1 fully saturated rings. The first kappa shape index (κ1) is 15.5. The minimum atomic E-state index is 0.585. The Balaban J connectivity index is 1.81. The highest BCUT2D eigenvalue weighted by Gasteiger charge is 2.21. The molecule has 0 spiro atoms. The van der Waals surface area contributed by atoms with Crippen LogP contribution in [0.4, 0.5) is 0 Å². The highest BCUT2D eigenvalue weighted by molar-refractivity contribution is 6.32. The SMILES string of the molecule is COc1ccc2ncc(Cl)c(CCN3CCC(CN)C3)c2n1. The summed E-state index contributed by atoms with van der Waals surface area (Å²) in [6, 6.07) is 3.74. The monoisotopic (exact) mass is 320 g/mol. The number of rotatable bonds is 5. The van der Waals surface area contributed by atoms with Crippen molar-refractivity contribution in [1.82, 2.24) is 14.9 Å². The van der Waals surface area contributed by atoms with Crippen molar-refractivity contribution in [2.75, 3.05) is 33.3 Å². The van der Waals surface area contributed by atoms with Crippen molar-refractivity contribution in [2.45, 2.75) is 12.8 Å². The van der Waals surface area contributed by atoms with Gasteiger partial charge in [0.25, 0.3) is 0 Å². The van der Waals surface area contributed by atoms with E-state index in [-0.39, 0.29) is 0 Å². The van der Waals surface area contributed by atoms with Crippen molar-refractivity contribution in [2.24, 2.45) is 11.7 Å². The van der Waals surface area contributed by atoms with Crippen molar-refractivity contribution in [3.63, 3.8) is 0 Å². The maximum absolute atomic E-state index is 6.36. The molecule has 0 amide bonds. The van der Waals surface area contributed by atoms with E-state index in [4.69, 9.17) is 22.1 Å². The molecule has 1 aliphatic rings. The van der Waals surface area contributed by atoms with E-state index in [9.17, 15) is 0 Å². The van der Waals surface area contributed by atoms with Crippen LogP contribution >= 0.6 is 11.6 Å². The first-order valence-corrected chi connectivity index (χ1v) is 7.99. The number of nitrogens with two attached hydrogens (primary N) is 1. The molecule has 3 heterocycles. The molecule has 1 unspecified atom stereocenters. The standard InChI is InChI=1S/C16H21ClN4O/c1-22-15-3-2-14-16(20-15)12(13(17)9-19-14)5-7-21-6-4-11(8-18)10-21/h2-3,9,11H,4-8,10,18H2,1H3. The number of halogens is 1. The number of hydrogen-bond acceptors (Lipinski definition) is 5. The van der Waals surface area contributed by atoms with E-state index in [0.717, 1.165) is 49.2 Å². The topological polar surface area (TPSA) is 64.3 Å². The Morgan fingerprint density at radius 2 is 2.32 bits per heavy atom. The molecule has 0 radical (unpaired) electrons. The van der Waals surface area contributed by atoms with Crippen LogP contribution in [-0.4, -0.2) is 48.2 Å². The normalized spacial score (nSPS) is 19.0. The van der Waals surface area contributed by atoms with E-state index >= 15 is 0 Å². The fourth-order valence-corrected chi connectivity index (χ4v) is 3.24. The van der Waals surface area contributed by atoms with Crippen molar-refractivity contribution in [1.29, 1.82) is 0 Å². The molecule has 2 aromatic heterocycles. The van der Waals surface area contributed by atoms with E-state index < -0.39 is 0 Å². The number of pyridine rings is 2. The summed E-state index contributed by atoms with van der Waals surface area (Å²) < 4.78 is 5.22. The second-order valence-corrected chi connectivity index (χ2v) is 6.15. The zero-order valence-electron chi connectivity index (χ0n) is 12.8. The van der Waals surface area contributed by atoms with Gasteiger partial charge in [0.05, 0.1) is 23.2 Å². The number of fused-ring (bicyclic) bond motifs is 1. The van der Waals surface area contributed by atoms with E-state index in [1.165, 1.54) is 6.42 Å². The maximum Gasteiger partial charge on any atom is 0.213 e. The Kier molecular flexibility index (Phi) is 4.76. The van der Waals surface area contributed by atoms with Gasteiger partial charge in [0.2, 0.25) is 5.88 Å². The molecule has 0 bridgehead atoms. The lowest BCUT2D eigenvalue weighted by atomic mass is 10.1. The molecule has 5 nitrogen and oxygen atoms in total. The third kappa shape index (κ3) is 3.16. The minimum Gasteiger partial charge on any atom is -0.481 e. The lowest BCUT2D eigenvalue weighted by Gasteiger charge is -2.16. The van der Waals surface area contributed by atoms with Crippen LogP contribution < -0.4 is 10.5 Å². The molecule has 1 atom stereocenters. The van der Waals surface area contributed by atoms with Gasteiger partial charge < -0.3 is 15.4 Å². The van der Waals surface area contributed by atoms with Gasteiger partial charge in [0.1, 0.15) is 0 Å². The van der Waals surface area contributed by atoms with Crippen molar-refractivity contribution < 1.29 is 4.74 Å². The summed E-state index contributed by atoms with van der Waals surface area (Å²) in [6.07, 6.45) is 3.75. The van der Waals surface area contributed by atoms with E-state index in [0.29, 0.717) is 16.8 Å². The number of likely N-dealkylation sites (tertiary alicyclic amines) is 1. The van der Waals surface area contributed by atoms with Gasteiger partial charge in [-0.2, -0.15) is 0 Å². The third-order valence-corrected chi connectivity index (χ3v) is 4.66. The molecule has 6 heteroatoms. The molecule has 0 aliphatic carbocycles. The van der Waals surface area contributed by atoms with Gasteiger partial charge in [-0.3, -0.25) is 4.98 Å². The van der Waals surface area contributed by atoms with Gasteiger partial charge in [0, 0.05) is 30.9 Å². The predicted octanol–water partition coefficient (Wildman–Crippen LogP) is 2.11. The number of methoxy groups -OCH3 is 1. The van der Waals surface area contributed by atoms with Crippen LogP contribution in [0.25, 0.3) is 11.0 Å². The Bertz CT molecular complexity index is 664. The zero-order valence-corrected chi connectivity index (χ0v) is 13.5. The van der Waals surface area contributed by atoms with Crippen LogP contribution in [0.15, 0.2) is 18.3 Å². The summed E-state index contributed by atoms with van der Waals surface area (Å²) in [5.74, 6) is 1.21. The lowest BCUT2D eigenvalue weighted by molar-refractivity contribution is 0.330. The van der Waals surface area contributed by atoms with E-state index in [1.807, 2.05) is 12.1 Å². The van der Waals surface area contributed by atoms with E-state index in [1.54, 1.807) is 13.3 Å². The first-order chi connectivity index (χ1) is 10.7. The van der Waals surface area contributed by atoms with Gasteiger partial charge in [-0.15, -0.1) is 0 Å². The van der Waals surface area contributed by atoms with Crippen molar-refractivity contribution in [3.8, 4) is 5.88 Å². The highest BCUT2D eigenvalue weighted by atomic mass is 35.5. The number of aromatic nitrogens is 2. The smallest absolute Gasteiger partial charge is 0.213 e.